The molecule has 1 aromatic rings. The van der Waals surface area contributed by atoms with Crippen LogP contribution in [0.5, 0.6) is 0 Å². The molecule has 4 nitrogen and oxygen atoms in total. The molecule has 2 fully saturated rings. The van der Waals surface area contributed by atoms with E-state index in [4.69, 9.17) is 0 Å². The average molecular weight is 290 g/mol. The molecular formula is C16H19FN2O2. The van der Waals surface area contributed by atoms with E-state index in [1.807, 2.05) is 0 Å². The molecular weight excluding hydrogens is 271 g/mol. The molecule has 2 amide bonds. The molecule has 5 heteroatoms. The van der Waals surface area contributed by atoms with Crippen LogP contribution in [0.1, 0.15) is 36.0 Å². The number of carbonyl (C=O) groups is 2. The Morgan fingerprint density at radius 1 is 1.14 bits per heavy atom. The molecule has 0 unspecified atom stereocenters. The first-order chi connectivity index (χ1) is 10.1. The number of piperidine rings is 1. The summed E-state index contributed by atoms with van der Waals surface area (Å²) in [6.07, 6.45) is 3.79. The second-order valence-corrected chi connectivity index (χ2v) is 5.88. The van der Waals surface area contributed by atoms with E-state index in [0.717, 1.165) is 25.7 Å². The first kappa shape index (κ1) is 14.0. The van der Waals surface area contributed by atoms with Crippen LogP contribution in [0.25, 0.3) is 0 Å². The summed E-state index contributed by atoms with van der Waals surface area (Å²) in [6.45, 7) is 1.11. The zero-order chi connectivity index (χ0) is 14.8. The SMILES string of the molecule is O=C(NC1CC1)[C@H]1CCCN(C(=O)c2ccc(F)cc2)C1. The van der Waals surface area contributed by atoms with Gasteiger partial charge in [0.05, 0.1) is 5.92 Å². The fourth-order valence-corrected chi connectivity index (χ4v) is 2.70. The summed E-state index contributed by atoms with van der Waals surface area (Å²) in [6, 6.07) is 5.90. The van der Waals surface area contributed by atoms with Gasteiger partial charge in [-0.15, -0.1) is 0 Å². The molecule has 112 valence electrons. The molecule has 0 radical (unpaired) electrons. The minimum Gasteiger partial charge on any atom is -0.353 e. The summed E-state index contributed by atoms with van der Waals surface area (Å²) in [5, 5.41) is 3.00. The Bertz CT molecular complexity index is 540. The molecule has 2 aliphatic rings. The maximum Gasteiger partial charge on any atom is 0.253 e. The van der Waals surface area contributed by atoms with Crippen molar-refractivity contribution >= 4 is 11.8 Å². The van der Waals surface area contributed by atoms with Gasteiger partial charge < -0.3 is 10.2 Å². The van der Waals surface area contributed by atoms with Crippen molar-refractivity contribution in [3.63, 3.8) is 0 Å². The monoisotopic (exact) mass is 290 g/mol. The van der Waals surface area contributed by atoms with Crippen LogP contribution in [0.15, 0.2) is 24.3 Å². The van der Waals surface area contributed by atoms with Crippen molar-refractivity contribution in [3.05, 3.63) is 35.6 Å². The van der Waals surface area contributed by atoms with E-state index in [1.165, 1.54) is 24.3 Å². The quantitative estimate of drug-likeness (QED) is 0.925. The zero-order valence-electron chi connectivity index (χ0n) is 11.8. The predicted molar refractivity (Wildman–Crippen MR) is 76.2 cm³/mol. The Balaban J connectivity index is 1.63. The lowest BCUT2D eigenvalue weighted by Gasteiger charge is -2.32. The van der Waals surface area contributed by atoms with Gasteiger partial charge in [-0.05, 0) is 49.9 Å². The number of halogens is 1. The molecule has 21 heavy (non-hydrogen) atoms. The first-order valence-electron chi connectivity index (χ1n) is 7.49. The third kappa shape index (κ3) is 3.40. The number of benzene rings is 1. The predicted octanol–water partition coefficient (Wildman–Crippen LogP) is 1.96. The molecule has 1 heterocycles. The lowest BCUT2D eigenvalue weighted by molar-refractivity contribution is -0.126. The Hall–Kier alpha value is -1.91. The molecule has 1 N–H and O–H groups in total. The Labute approximate surface area is 123 Å². The van der Waals surface area contributed by atoms with E-state index in [-0.39, 0.29) is 23.5 Å². The van der Waals surface area contributed by atoms with Gasteiger partial charge in [0.15, 0.2) is 0 Å². The summed E-state index contributed by atoms with van der Waals surface area (Å²) in [7, 11) is 0. The lowest BCUT2D eigenvalue weighted by Crippen LogP contribution is -2.45. The fourth-order valence-electron chi connectivity index (χ4n) is 2.70. The van der Waals surface area contributed by atoms with Crippen molar-refractivity contribution in [1.82, 2.24) is 10.2 Å². The molecule has 1 saturated carbocycles. The number of nitrogens with one attached hydrogen (secondary N) is 1. The molecule has 1 aliphatic heterocycles. The molecule has 1 aromatic carbocycles. The van der Waals surface area contributed by atoms with E-state index in [0.29, 0.717) is 24.7 Å². The van der Waals surface area contributed by atoms with Crippen LogP contribution >= 0.6 is 0 Å². The van der Waals surface area contributed by atoms with Gasteiger partial charge in [-0.2, -0.15) is 0 Å². The highest BCUT2D eigenvalue weighted by Gasteiger charge is 2.32. The van der Waals surface area contributed by atoms with Crippen molar-refractivity contribution in [2.75, 3.05) is 13.1 Å². The van der Waals surface area contributed by atoms with Crippen LogP contribution < -0.4 is 5.32 Å². The van der Waals surface area contributed by atoms with Crippen LogP contribution in [0.2, 0.25) is 0 Å². The molecule has 1 atom stereocenters. The van der Waals surface area contributed by atoms with Gasteiger partial charge in [0, 0.05) is 24.7 Å². The highest BCUT2D eigenvalue weighted by atomic mass is 19.1. The van der Waals surface area contributed by atoms with Crippen LogP contribution in [-0.2, 0) is 4.79 Å². The van der Waals surface area contributed by atoms with Gasteiger partial charge in [0.1, 0.15) is 5.82 Å². The maximum absolute atomic E-state index is 12.9. The maximum atomic E-state index is 12.9. The van der Waals surface area contributed by atoms with E-state index in [2.05, 4.69) is 5.32 Å². The Kier molecular flexibility index (Phi) is 3.90. The number of carbonyl (C=O) groups excluding carboxylic acids is 2. The Morgan fingerprint density at radius 3 is 2.52 bits per heavy atom. The van der Waals surface area contributed by atoms with E-state index >= 15 is 0 Å². The second-order valence-electron chi connectivity index (χ2n) is 5.88. The summed E-state index contributed by atoms with van der Waals surface area (Å²) in [5.41, 5.74) is 0.472. The largest absolute Gasteiger partial charge is 0.353 e. The van der Waals surface area contributed by atoms with E-state index < -0.39 is 0 Å². The first-order valence-corrected chi connectivity index (χ1v) is 7.49. The third-order valence-electron chi connectivity index (χ3n) is 4.09. The normalized spacial score (nSPS) is 22.0. The zero-order valence-corrected chi connectivity index (χ0v) is 11.8. The van der Waals surface area contributed by atoms with Gasteiger partial charge in [0.25, 0.3) is 5.91 Å². The molecule has 0 aromatic heterocycles. The lowest BCUT2D eigenvalue weighted by atomic mass is 9.96. The summed E-state index contributed by atoms with van der Waals surface area (Å²) in [5.74, 6) is -0.538. The number of hydrogen-bond acceptors (Lipinski definition) is 2. The van der Waals surface area contributed by atoms with Crippen molar-refractivity contribution in [2.24, 2.45) is 5.92 Å². The third-order valence-corrected chi connectivity index (χ3v) is 4.09. The average Bonchev–Trinajstić information content (AvgIpc) is 3.31. The smallest absolute Gasteiger partial charge is 0.253 e. The number of amides is 2. The van der Waals surface area contributed by atoms with Gasteiger partial charge in [-0.25, -0.2) is 4.39 Å². The second kappa shape index (κ2) is 5.84. The van der Waals surface area contributed by atoms with Crippen molar-refractivity contribution in [2.45, 2.75) is 31.7 Å². The van der Waals surface area contributed by atoms with Crippen LogP contribution in [-0.4, -0.2) is 35.8 Å². The molecule has 0 bridgehead atoms. The van der Waals surface area contributed by atoms with Crippen molar-refractivity contribution in [1.29, 1.82) is 0 Å². The minimum atomic E-state index is -0.355. The summed E-state index contributed by atoms with van der Waals surface area (Å²) in [4.78, 5) is 26.2. The van der Waals surface area contributed by atoms with Gasteiger partial charge >= 0.3 is 0 Å². The van der Waals surface area contributed by atoms with Crippen molar-refractivity contribution in [3.8, 4) is 0 Å². The van der Waals surface area contributed by atoms with E-state index in [9.17, 15) is 14.0 Å². The summed E-state index contributed by atoms with van der Waals surface area (Å²) >= 11 is 0. The van der Waals surface area contributed by atoms with Crippen LogP contribution in [0.3, 0.4) is 0 Å². The Morgan fingerprint density at radius 2 is 1.86 bits per heavy atom. The minimum absolute atomic E-state index is 0.0640. The number of nitrogens with zero attached hydrogens (tertiary/aromatic N) is 1. The molecule has 1 saturated heterocycles. The molecule has 3 rings (SSSR count). The number of hydrogen-bond donors (Lipinski definition) is 1. The van der Waals surface area contributed by atoms with Gasteiger partial charge in [-0.1, -0.05) is 0 Å². The molecule has 1 aliphatic carbocycles. The molecule has 0 spiro atoms. The standard InChI is InChI=1S/C16H19FN2O2/c17-13-5-3-11(4-6-13)16(21)19-9-1-2-12(10-19)15(20)18-14-7-8-14/h3-6,12,14H,1-2,7-10H2,(H,18,20)/t12-/m0/s1. The van der Waals surface area contributed by atoms with Gasteiger partial charge in [0.2, 0.25) is 5.91 Å². The fraction of sp³-hybridized carbons (Fsp3) is 0.500. The van der Waals surface area contributed by atoms with Crippen LogP contribution in [0.4, 0.5) is 4.39 Å². The topological polar surface area (TPSA) is 49.4 Å². The van der Waals surface area contributed by atoms with E-state index in [1.54, 1.807) is 4.90 Å². The van der Waals surface area contributed by atoms with Crippen molar-refractivity contribution < 1.29 is 14.0 Å². The van der Waals surface area contributed by atoms with Crippen LogP contribution in [0, 0.1) is 11.7 Å². The summed E-state index contributed by atoms with van der Waals surface area (Å²) < 4.78 is 12.9. The highest BCUT2D eigenvalue weighted by Crippen LogP contribution is 2.23. The van der Waals surface area contributed by atoms with Gasteiger partial charge in [-0.3, -0.25) is 9.59 Å². The number of likely N-dealkylation sites (tertiary alicyclic amines) is 1. The number of rotatable bonds is 3. The highest BCUT2D eigenvalue weighted by molar-refractivity contribution is 5.94.